The van der Waals surface area contributed by atoms with Crippen LogP contribution in [0.5, 0.6) is 0 Å². The van der Waals surface area contributed by atoms with Gasteiger partial charge in [0.25, 0.3) is 5.91 Å². The topological polar surface area (TPSA) is 73.8 Å². The van der Waals surface area contributed by atoms with E-state index in [-0.39, 0.29) is 18.7 Å². The standard InChI is InChI=1S/C28H22F2N4O3/c1-18-14-21(10-11-31-18)32-12-13-33-27(37)34(24(35)17-28(33,2)26(32)36)25-22(29)15-20(16-23(25)30)9-8-19-6-4-3-5-7-19/h3-7,10-11,14-16H,12-13,17H2,1-2H3. The van der Waals surface area contributed by atoms with Crippen LogP contribution in [0, 0.1) is 30.4 Å². The Morgan fingerprint density at radius 1 is 0.919 bits per heavy atom. The lowest BCUT2D eigenvalue weighted by Crippen LogP contribution is -2.73. The van der Waals surface area contributed by atoms with E-state index in [2.05, 4.69) is 16.8 Å². The van der Waals surface area contributed by atoms with Gasteiger partial charge in [0, 0.05) is 41.8 Å². The van der Waals surface area contributed by atoms with Gasteiger partial charge in [-0.3, -0.25) is 14.6 Å². The van der Waals surface area contributed by atoms with E-state index in [4.69, 9.17) is 0 Å². The fraction of sp³-hybridized carbons (Fsp3) is 0.214. The summed E-state index contributed by atoms with van der Waals surface area (Å²) in [6.07, 6.45) is 1.15. The van der Waals surface area contributed by atoms with Crippen LogP contribution in [0.3, 0.4) is 0 Å². The molecule has 9 heteroatoms. The molecule has 0 bridgehead atoms. The molecule has 2 saturated heterocycles. The van der Waals surface area contributed by atoms with Crippen LogP contribution < -0.4 is 9.80 Å². The number of anilines is 2. The van der Waals surface area contributed by atoms with Crippen molar-refractivity contribution in [3.63, 3.8) is 0 Å². The minimum Gasteiger partial charge on any atom is -0.308 e. The average Bonchev–Trinajstić information content (AvgIpc) is 2.86. The largest absolute Gasteiger partial charge is 0.332 e. The van der Waals surface area contributed by atoms with Gasteiger partial charge in [-0.2, -0.15) is 0 Å². The zero-order valence-electron chi connectivity index (χ0n) is 20.2. The molecule has 7 nitrogen and oxygen atoms in total. The molecule has 37 heavy (non-hydrogen) atoms. The molecule has 4 amide bonds. The molecule has 186 valence electrons. The Bertz CT molecular complexity index is 1480. The maximum atomic E-state index is 15.1. The predicted octanol–water partition coefficient (Wildman–Crippen LogP) is 4.03. The average molecular weight is 501 g/mol. The number of rotatable bonds is 2. The van der Waals surface area contributed by atoms with Crippen LogP contribution in [-0.4, -0.2) is 46.4 Å². The Kier molecular flexibility index (Phi) is 5.96. The van der Waals surface area contributed by atoms with E-state index in [1.807, 2.05) is 6.07 Å². The molecule has 2 fully saturated rings. The van der Waals surface area contributed by atoms with E-state index >= 15 is 8.78 Å². The van der Waals surface area contributed by atoms with Crippen LogP contribution in [0.4, 0.5) is 25.0 Å². The highest BCUT2D eigenvalue weighted by molar-refractivity contribution is 6.20. The summed E-state index contributed by atoms with van der Waals surface area (Å²) in [4.78, 5) is 47.4. The number of carbonyl (C=O) groups is 3. The van der Waals surface area contributed by atoms with E-state index in [0.29, 0.717) is 21.8 Å². The van der Waals surface area contributed by atoms with Gasteiger partial charge in [0.2, 0.25) is 5.91 Å². The van der Waals surface area contributed by atoms with Crippen molar-refractivity contribution in [1.29, 1.82) is 0 Å². The molecule has 2 aliphatic rings. The number of carbonyl (C=O) groups excluding carboxylic acids is 3. The van der Waals surface area contributed by atoms with Crippen molar-refractivity contribution in [2.45, 2.75) is 25.8 Å². The second kappa shape index (κ2) is 9.13. The normalized spacial score (nSPS) is 19.5. The summed E-state index contributed by atoms with van der Waals surface area (Å²) in [5, 5.41) is 0. The molecule has 3 heterocycles. The fourth-order valence-corrected chi connectivity index (χ4v) is 4.72. The van der Waals surface area contributed by atoms with E-state index in [9.17, 15) is 14.4 Å². The van der Waals surface area contributed by atoms with Gasteiger partial charge in [-0.25, -0.2) is 18.5 Å². The highest BCUT2D eigenvalue weighted by atomic mass is 19.1. The molecule has 1 unspecified atom stereocenters. The van der Waals surface area contributed by atoms with E-state index in [1.54, 1.807) is 49.5 Å². The van der Waals surface area contributed by atoms with Crippen molar-refractivity contribution in [3.8, 4) is 11.8 Å². The molecule has 0 spiro atoms. The van der Waals surface area contributed by atoms with Gasteiger partial charge >= 0.3 is 6.03 Å². The number of aryl methyl sites for hydroxylation is 1. The van der Waals surface area contributed by atoms with Crippen LogP contribution in [0.1, 0.15) is 30.2 Å². The molecule has 1 atom stereocenters. The van der Waals surface area contributed by atoms with Gasteiger partial charge < -0.3 is 9.80 Å². The molecular weight excluding hydrogens is 478 g/mol. The minimum absolute atomic E-state index is 0.0563. The molecule has 5 rings (SSSR count). The fourth-order valence-electron chi connectivity index (χ4n) is 4.72. The van der Waals surface area contributed by atoms with Crippen molar-refractivity contribution >= 4 is 29.2 Å². The van der Waals surface area contributed by atoms with Gasteiger partial charge in [-0.1, -0.05) is 30.0 Å². The smallest absolute Gasteiger partial charge is 0.308 e. The first-order valence-corrected chi connectivity index (χ1v) is 11.6. The van der Waals surface area contributed by atoms with Crippen LogP contribution in [0.25, 0.3) is 0 Å². The monoisotopic (exact) mass is 500 g/mol. The second-order valence-electron chi connectivity index (χ2n) is 9.13. The molecule has 0 radical (unpaired) electrons. The number of urea groups is 1. The van der Waals surface area contributed by atoms with Crippen LogP contribution >= 0.6 is 0 Å². The van der Waals surface area contributed by atoms with Crippen molar-refractivity contribution < 1.29 is 23.2 Å². The number of pyridine rings is 1. The summed E-state index contributed by atoms with van der Waals surface area (Å²) in [6, 6.07) is 13.4. The Labute approximate surface area is 212 Å². The number of fused-ring (bicyclic) bond motifs is 1. The van der Waals surface area contributed by atoms with Crippen molar-refractivity contribution in [2.75, 3.05) is 22.9 Å². The van der Waals surface area contributed by atoms with Gasteiger partial charge in [-0.15, -0.1) is 0 Å². The number of imide groups is 1. The quantitative estimate of drug-likeness (QED) is 0.498. The van der Waals surface area contributed by atoms with Crippen molar-refractivity contribution in [3.05, 3.63) is 89.2 Å². The second-order valence-corrected chi connectivity index (χ2v) is 9.13. The van der Waals surface area contributed by atoms with E-state index < -0.39 is 47.1 Å². The summed E-state index contributed by atoms with van der Waals surface area (Å²) >= 11 is 0. The summed E-state index contributed by atoms with van der Waals surface area (Å²) in [6.45, 7) is 3.53. The number of hydrogen-bond donors (Lipinski definition) is 0. The zero-order valence-corrected chi connectivity index (χ0v) is 20.2. The first kappa shape index (κ1) is 24.1. The van der Waals surface area contributed by atoms with E-state index in [0.717, 1.165) is 12.1 Å². The van der Waals surface area contributed by atoms with Gasteiger partial charge in [-0.05, 0) is 50.2 Å². The predicted molar refractivity (Wildman–Crippen MR) is 133 cm³/mol. The summed E-state index contributed by atoms with van der Waals surface area (Å²) < 4.78 is 30.3. The third kappa shape index (κ3) is 4.20. The number of amides is 4. The van der Waals surface area contributed by atoms with Gasteiger partial charge in [0.05, 0.1) is 6.42 Å². The first-order valence-electron chi connectivity index (χ1n) is 11.6. The Balaban J connectivity index is 1.44. The maximum Gasteiger partial charge on any atom is 0.332 e. The summed E-state index contributed by atoms with van der Waals surface area (Å²) in [5.41, 5.74) is -0.233. The number of piperazine rings is 1. The lowest BCUT2D eigenvalue weighted by Gasteiger charge is -2.51. The maximum absolute atomic E-state index is 15.1. The number of benzene rings is 2. The molecule has 0 saturated carbocycles. The van der Waals surface area contributed by atoms with Crippen molar-refractivity contribution in [2.24, 2.45) is 0 Å². The molecule has 2 aromatic carbocycles. The summed E-state index contributed by atoms with van der Waals surface area (Å²) in [5.74, 6) is 2.00. The SMILES string of the molecule is Cc1cc(N2CCN3C(=O)N(c4c(F)cc(C#Cc5ccccc5)cc4F)C(=O)CC3(C)C2=O)ccn1. The first-order chi connectivity index (χ1) is 17.7. The highest BCUT2D eigenvalue weighted by Gasteiger charge is 2.56. The molecule has 2 aliphatic heterocycles. The van der Waals surface area contributed by atoms with Crippen molar-refractivity contribution in [1.82, 2.24) is 9.88 Å². The molecule has 0 aliphatic carbocycles. The lowest BCUT2D eigenvalue weighted by molar-refractivity contribution is -0.137. The van der Waals surface area contributed by atoms with Crippen LogP contribution in [0.15, 0.2) is 60.8 Å². The Morgan fingerprint density at radius 3 is 2.27 bits per heavy atom. The summed E-state index contributed by atoms with van der Waals surface area (Å²) in [7, 11) is 0. The number of nitrogens with zero attached hydrogens (tertiary/aromatic N) is 4. The van der Waals surface area contributed by atoms with Gasteiger partial charge in [0.15, 0.2) is 11.6 Å². The van der Waals surface area contributed by atoms with Gasteiger partial charge in [0.1, 0.15) is 11.2 Å². The molecule has 0 N–H and O–H groups in total. The molecule has 3 aromatic rings. The zero-order chi connectivity index (χ0) is 26.3. The number of halogens is 2. The third-order valence-corrected chi connectivity index (χ3v) is 6.57. The molecular formula is C28H22F2N4O3. The Morgan fingerprint density at radius 2 is 1.59 bits per heavy atom. The highest BCUT2D eigenvalue weighted by Crippen LogP contribution is 2.38. The molecule has 1 aromatic heterocycles. The van der Waals surface area contributed by atoms with Crippen LogP contribution in [-0.2, 0) is 9.59 Å². The Hall–Kier alpha value is -4.58. The number of hydrogen-bond acceptors (Lipinski definition) is 4. The van der Waals surface area contributed by atoms with Crippen LogP contribution in [0.2, 0.25) is 0 Å². The third-order valence-electron chi connectivity index (χ3n) is 6.57. The van der Waals surface area contributed by atoms with E-state index in [1.165, 1.54) is 16.7 Å². The lowest BCUT2D eigenvalue weighted by atomic mass is 9.88. The number of aromatic nitrogens is 1. The minimum atomic E-state index is -1.49.